The van der Waals surface area contributed by atoms with Crippen LogP contribution in [0.3, 0.4) is 0 Å². The van der Waals surface area contributed by atoms with Gasteiger partial charge in [-0.15, -0.1) is 0 Å². The summed E-state index contributed by atoms with van der Waals surface area (Å²) < 4.78 is 0. The second kappa shape index (κ2) is 8.64. The van der Waals surface area contributed by atoms with Gasteiger partial charge in [-0.25, -0.2) is 0 Å². The Kier molecular flexibility index (Phi) is 6.84. The summed E-state index contributed by atoms with van der Waals surface area (Å²) >= 11 is 5.98. The number of nitrogens with one attached hydrogen (secondary N) is 1. The maximum Gasteiger partial charge on any atom is 0.238 e. The largest absolute Gasteiger partial charge is 0.395 e. The third-order valence-corrected chi connectivity index (χ3v) is 4.68. The summed E-state index contributed by atoms with van der Waals surface area (Å²) in [6.07, 6.45) is 0.949. The molecule has 0 saturated carbocycles. The molecule has 0 bridgehead atoms. The van der Waals surface area contributed by atoms with Crippen LogP contribution in [0.25, 0.3) is 0 Å². The first-order valence-corrected chi connectivity index (χ1v) is 8.54. The summed E-state index contributed by atoms with van der Waals surface area (Å²) in [5, 5.41) is 12.9. The van der Waals surface area contributed by atoms with Crippen LogP contribution in [0.4, 0.5) is 5.69 Å². The predicted octanol–water partition coefficient (Wildman–Crippen LogP) is 1.98. The Morgan fingerprint density at radius 2 is 2.04 bits per heavy atom. The Labute approximate surface area is 143 Å². The molecule has 1 unspecified atom stereocenters. The first-order chi connectivity index (χ1) is 11.0. The van der Waals surface area contributed by atoms with E-state index >= 15 is 0 Å². The van der Waals surface area contributed by atoms with Gasteiger partial charge in [-0.3, -0.25) is 14.6 Å². The molecular formula is C17H26ClN3O2. The lowest BCUT2D eigenvalue weighted by molar-refractivity contribution is -0.117. The van der Waals surface area contributed by atoms with Crippen LogP contribution in [0.5, 0.6) is 0 Å². The summed E-state index contributed by atoms with van der Waals surface area (Å²) in [6.45, 7) is 8.10. The average molecular weight is 340 g/mol. The number of carbonyl (C=O) groups excluding carboxylic acids is 1. The van der Waals surface area contributed by atoms with Crippen molar-refractivity contribution in [3.8, 4) is 0 Å². The van der Waals surface area contributed by atoms with Crippen LogP contribution >= 0.6 is 11.6 Å². The number of aliphatic hydroxyl groups is 1. The van der Waals surface area contributed by atoms with Gasteiger partial charge < -0.3 is 10.4 Å². The van der Waals surface area contributed by atoms with Gasteiger partial charge in [-0.05, 0) is 31.0 Å². The molecule has 1 heterocycles. The number of carbonyl (C=O) groups is 1. The van der Waals surface area contributed by atoms with Gasteiger partial charge in [-0.2, -0.15) is 0 Å². The Bertz CT molecular complexity index is 527. The van der Waals surface area contributed by atoms with E-state index in [4.69, 9.17) is 11.6 Å². The van der Waals surface area contributed by atoms with E-state index < -0.39 is 0 Å². The summed E-state index contributed by atoms with van der Waals surface area (Å²) in [4.78, 5) is 16.7. The molecule has 23 heavy (non-hydrogen) atoms. The maximum atomic E-state index is 12.2. The van der Waals surface area contributed by atoms with Crippen LogP contribution in [0.2, 0.25) is 5.02 Å². The van der Waals surface area contributed by atoms with Gasteiger partial charge in [0.1, 0.15) is 0 Å². The Hall–Kier alpha value is -1.14. The van der Waals surface area contributed by atoms with Crippen molar-refractivity contribution in [3.05, 3.63) is 28.8 Å². The summed E-state index contributed by atoms with van der Waals surface area (Å²) in [5.41, 5.74) is 1.77. The van der Waals surface area contributed by atoms with Crippen LogP contribution in [-0.2, 0) is 4.79 Å². The van der Waals surface area contributed by atoms with Gasteiger partial charge in [0.25, 0.3) is 0 Å². The van der Waals surface area contributed by atoms with E-state index in [1.165, 1.54) is 0 Å². The highest BCUT2D eigenvalue weighted by Gasteiger charge is 2.23. The van der Waals surface area contributed by atoms with Gasteiger partial charge in [-0.1, -0.05) is 24.6 Å². The number of halogens is 1. The molecule has 1 aliphatic heterocycles. The van der Waals surface area contributed by atoms with E-state index in [0.29, 0.717) is 11.6 Å². The van der Waals surface area contributed by atoms with E-state index in [0.717, 1.165) is 43.9 Å². The van der Waals surface area contributed by atoms with Gasteiger partial charge in [0.2, 0.25) is 5.91 Å². The number of benzene rings is 1. The fourth-order valence-corrected chi connectivity index (χ4v) is 3.08. The van der Waals surface area contributed by atoms with Gasteiger partial charge in [0.05, 0.1) is 13.2 Å². The normalized spacial score (nSPS) is 17.9. The molecule has 128 valence electrons. The Morgan fingerprint density at radius 3 is 2.65 bits per heavy atom. The average Bonchev–Trinajstić information content (AvgIpc) is 2.53. The van der Waals surface area contributed by atoms with Gasteiger partial charge in [0.15, 0.2) is 0 Å². The molecule has 1 amide bonds. The number of aliphatic hydroxyl groups excluding tert-OH is 1. The number of amides is 1. The first kappa shape index (κ1) is 18.2. The number of aryl methyl sites for hydroxylation is 1. The predicted molar refractivity (Wildman–Crippen MR) is 94.0 cm³/mol. The molecule has 0 aliphatic carbocycles. The van der Waals surface area contributed by atoms with Crippen LogP contribution < -0.4 is 5.32 Å². The molecule has 1 atom stereocenters. The lowest BCUT2D eigenvalue weighted by Gasteiger charge is -2.38. The number of rotatable bonds is 6. The van der Waals surface area contributed by atoms with E-state index in [9.17, 15) is 9.90 Å². The number of anilines is 1. The molecule has 1 saturated heterocycles. The molecule has 2 N–H and O–H groups in total. The molecule has 1 aromatic rings. The second-order valence-electron chi connectivity index (χ2n) is 6.06. The number of nitrogens with zero attached hydrogens (tertiary/aromatic N) is 2. The molecule has 2 rings (SSSR count). The SMILES string of the molecule is CCC(CO)N1CCN(CC(=O)Nc2cc(Cl)ccc2C)CC1. The van der Waals surface area contributed by atoms with Crippen LogP contribution in [0, 0.1) is 6.92 Å². The van der Waals surface area contributed by atoms with Crippen molar-refractivity contribution in [3.63, 3.8) is 0 Å². The van der Waals surface area contributed by atoms with Crippen LogP contribution in [-0.4, -0.2) is 66.2 Å². The molecule has 6 heteroatoms. The highest BCUT2D eigenvalue weighted by atomic mass is 35.5. The lowest BCUT2D eigenvalue weighted by atomic mass is 10.1. The van der Waals surface area contributed by atoms with Crippen molar-refractivity contribution in [1.29, 1.82) is 0 Å². The van der Waals surface area contributed by atoms with E-state index in [-0.39, 0.29) is 18.6 Å². The number of hydrogen-bond acceptors (Lipinski definition) is 4. The van der Waals surface area contributed by atoms with E-state index in [2.05, 4.69) is 22.0 Å². The van der Waals surface area contributed by atoms with Crippen molar-refractivity contribution >= 4 is 23.2 Å². The van der Waals surface area contributed by atoms with Crippen LogP contribution in [0.1, 0.15) is 18.9 Å². The molecule has 0 radical (unpaired) electrons. The maximum absolute atomic E-state index is 12.2. The van der Waals surface area contributed by atoms with Crippen molar-refractivity contribution in [1.82, 2.24) is 9.80 Å². The fourth-order valence-electron chi connectivity index (χ4n) is 2.91. The molecule has 1 aliphatic rings. The molecule has 5 nitrogen and oxygen atoms in total. The smallest absolute Gasteiger partial charge is 0.238 e. The Balaban J connectivity index is 1.82. The van der Waals surface area contributed by atoms with Gasteiger partial charge in [0, 0.05) is 42.9 Å². The molecular weight excluding hydrogens is 314 g/mol. The first-order valence-electron chi connectivity index (χ1n) is 8.16. The minimum atomic E-state index is -0.0157. The zero-order valence-corrected chi connectivity index (χ0v) is 14.6. The van der Waals surface area contributed by atoms with E-state index in [1.807, 2.05) is 19.1 Å². The molecule has 1 aromatic carbocycles. The minimum absolute atomic E-state index is 0.0157. The highest BCUT2D eigenvalue weighted by Crippen LogP contribution is 2.20. The molecule has 0 spiro atoms. The van der Waals surface area contributed by atoms with Crippen molar-refractivity contribution in [2.75, 3.05) is 44.6 Å². The van der Waals surface area contributed by atoms with E-state index in [1.54, 1.807) is 6.07 Å². The topological polar surface area (TPSA) is 55.8 Å². The minimum Gasteiger partial charge on any atom is -0.395 e. The fraction of sp³-hybridized carbons (Fsp3) is 0.588. The van der Waals surface area contributed by atoms with Crippen molar-refractivity contribution < 1.29 is 9.90 Å². The zero-order chi connectivity index (χ0) is 16.8. The summed E-state index contributed by atoms with van der Waals surface area (Å²) in [6, 6.07) is 5.73. The lowest BCUT2D eigenvalue weighted by Crippen LogP contribution is -2.52. The quantitative estimate of drug-likeness (QED) is 0.832. The third-order valence-electron chi connectivity index (χ3n) is 4.45. The standard InChI is InChI=1S/C17H26ClN3O2/c1-3-15(12-22)21-8-6-20(7-9-21)11-17(23)19-16-10-14(18)5-4-13(16)2/h4-5,10,15,22H,3,6-9,11-12H2,1-2H3,(H,19,23). The van der Waals surface area contributed by atoms with Crippen LogP contribution in [0.15, 0.2) is 18.2 Å². The molecule has 0 aromatic heterocycles. The Morgan fingerprint density at radius 1 is 1.35 bits per heavy atom. The summed E-state index contributed by atoms with van der Waals surface area (Å²) in [5.74, 6) is -0.0157. The molecule has 1 fully saturated rings. The van der Waals surface area contributed by atoms with Crippen molar-refractivity contribution in [2.45, 2.75) is 26.3 Å². The monoisotopic (exact) mass is 339 g/mol. The van der Waals surface area contributed by atoms with Gasteiger partial charge >= 0.3 is 0 Å². The number of piperazine rings is 1. The summed E-state index contributed by atoms with van der Waals surface area (Å²) in [7, 11) is 0. The zero-order valence-electron chi connectivity index (χ0n) is 13.9. The number of hydrogen-bond donors (Lipinski definition) is 2. The second-order valence-corrected chi connectivity index (χ2v) is 6.50. The highest BCUT2D eigenvalue weighted by molar-refractivity contribution is 6.31. The van der Waals surface area contributed by atoms with Crippen molar-refractivity contribution in [2.24, 2.45) is 0 Å². The third kappa shape index (κ3) is 5.18.